The van der Waals surface area contributed by atoms with Gasteiger partial charge in [-0.1, -0.05) is 0 Å². The van der Waals surface area contributed by atoms with Crippen molar-refractivity contribution in [3.63, 3.8) is 0 Å². The van der Waals surface area contributed by atoms with E-state index in [1.807, 2.05) is 6.92 Å². The van der Waals surface area contributed by atoms with Crippen molar-refractivity contribution in [1.82, 2.24) is 10.6 Å². The second-order valence-electron chi connectivity index (χ2n) is 3.79. The van der Waals surface area contributed by atoms with Gasteiger partial charge in [0.2, 0.25) is 5.91 Å². The molecule has 0 aliphatic rings. The molecule has 1 aromatic rings. The lowest BCUT2D eigenvalue weighted by Gasteiger charge is -2.06. The van der Waals surface area contributed by atoms with E-state index < -0.39 is 17.4 Å². The zero-order valence-electron chi connectivity index (χ0n) is 10.1. The topological polar surface area (TPSA) is 61.4 Å². The molecule has 0 radical (unpaired) electrons. The van der Waals surface area contributed by atoms with Crippen molar-refractivity contribution in [2.24, 2.45) is 0 Å². The average Bonchev–Trinajstić information content (AvgIpc) is 2.32. The maximum absolute atomic E-state index is 13.0. The van der Waals surface area contributed by atoms with Crippen LogP contribution in [0.25, 0.3) is 0 Å². The first kappa shape index (κ1) is 14.4. The Morgan fingerprint density at radius 1 is 1.33 bits per heavy atom. The smallest absolute Gasteiger partial charge is 0.221 e. The summed E-state index contributed by atoms with van der Waals surface area (Å²) in [6.07, 6.45) is 0.302. The molecule has 4 nitrogen and oxygen atoms in total. The first-order chi connectivity index (χ1) is 8.54. The highest BCUT2D eigenvalue weighted by atomic mass is 19.1. The zero-order chi connectivity index (χ0) is 13.5. The van der Waals surface area contributed by atoms with E-state index in [-0.39, 0.29) is 12.5 Å². The highest BCUT2D eigenvalue weighted by Crippen LogP contribution is 2.21. The number of nitrogens with one attached hydrogen (secondary N) is 2. The molecular weight excluding hydrogens is 242 g/mol. The van der Waals surface area contributed by atoms with Crippen LogP contribution in [-0.2, 0) is 11.3 Å². The number of benzene rings is 1. The van der Waals surface area contributed by atoms with Gasteiger partial charge >= 0.3 is 0 Å². The molecular formula is C12H16F2N2O2. The van der Waals surface area contributed by atoms with Gasteiger partial charge in [0.05, 0.1) is 0 Å². The molecule has 0 heterocycles. The van der Waals surface area contributed by atoms with Crippen molar-refractivity contribution in [2.45, 2.75) is 19.9 Å². The van der Waals surface area contributed by atoms with Crippen molar-refractivity contribution < 1.29 is 18.7 Å². The summed E-state index contributed by atoms with van der Waals surface area (Å²) in [5.74, 6) is -3.03. The quantitative estimate of drug-likeness (QED) is 0.674. The number of amides is 1. The summed E-state index contributed by atoms with van der Waals surface area (Å²) >= 11 is 0. The molecule has 1 rings (SSSR count). The average molecular weight is 258 g/mol. The van der Waals surface area contributed by atoms with Gasteiger partial charge in [0.15, 0.2) is 17.4 Å². The number of hydrogen-bond donors (Lipinski definition) is 3. The fourth-order valence-corrected chi connectivity index (χ4v) is 1.44. The summed E-state index contributed by atoms with van der Waals surface area (Å²) in [7, 11) is 0. The molecule has 1 aromatic carbocycles. The van der Waals surface area contributed by atoms with E-state index in [1.165, 1.54) is 0 Å². The number of phenolic OH excluding ortho intramolecular Hbond substituents is 1. The molecule has 0 unspecified atom stereocenters. The normalized spacial score (nSPS) is 10.4. The Bertz CT molecular complexity index is 402. The predicted molar refractivity (Wildman–Crippen MR) is 63.0 cm³/mol. The van der Waals surface area contributed by atoms with Crippen LogP contribution in [0.5, 0.6) is 5.75 Å². The fraction of sp³-hybridized carbons (Fsp3) is 0.417. The van der Waals surface area contributed by atoms with Crippen molar-refractivity contribution in [1.29, 1.82) is 0 Å². The Labute approximate surface area is 104 Å². The fourth-order valence-electron chi connectivity index (χ4n) is 1.44. The lowest BCUT2D eigenvalue weighted by Crippen LogP contribution is -2.27. The monoisotopic (exact) mass is 258 g/mol. The van der Waals surface area contributed by atoms with E-state index in [2.05, 4.69) is 10.6 Å². The summed E-state index contributed by atoms with van der Waals surface area (Å²) in [4.78, 5) is 11.1. The number of rotatable bonds is 6. The molecule has 0 aliphatic carbocycles. The summed E-state index contributed by atoms with van der Waals surface area (Å²) in [6, 6.07) is 2.11. The number of hydrogen-bond acceptors (Lipinski definition) is 3. The molecule has 100 valence electrons. The highest BCUT2D eigenvalue weighted by molar-refractivity contribution is 5.75. The number of aromatic hydroxyl groups is 1. The lowest BCUT2D eigenvalue weighted by molar-refractivity contribution is -0.120. The number of phenols is 1. The first-order valence-electron chi connectivity index (χ1n) is 5.69. The van der Waals surface area contributed by atoms with Crippen LogP contribution in [0.15, 0.2) is 12.1 Å². The van der Waals surface area contributed by atoms with Gasteiger partial charge in [-0.3, -0.25) is 4.79 Å². The van der Waals surface area contributed by atoms with Crippen molar-refractivity contribution in [2.75, 3.05) is 13.1 Å². The van der Waals surface area contributed by atoms with Gasteiger partial charge in [-0.15, -0.1) is 0 Å². The van der Waals surface area contributed by atoms with Crippen molar-refractivity contribution >= 4 is 5.91 Å². The molecule has 0 aromatic heterocycles. The van der Waals surface area contributed by atoms with Crippen LogP contribution in [0, 0.1) is 11.6 Å². The summed E-state index contributed by atoms with van der Waals surface area (Å²) in [5, 5.41) is 14.4. The zero-order valence-corrected chi connectivity index (χ0v) is 10.1. The first-order valence-corrected chi connectivity index (χ1v) is 5.69. The summed E-state index contributed by atoms with van der Waals surface area (Å²) < 4.78 is 26.0. The molecule has 0 saturated carbocycles. The third-order valence-electron chi connectivity index (χ3n) is 2.31. The third kappa shape index (κ3) is 4.29. The van der Waals surface area contributed by atoms with Gasteiger partial charge in [0.25, 0.3) is 0 Å². The number of carbonyl (C=O) groups is 1. The van der Waals surface area contributed by atoms with Crippen molar-refractivity contribution in [3.05, 3.63) is 29.3 Å². The number of halogens is 2. The minimum absolute atomic E-state index is 0.0759. The molecule has 0 atom stereocenters. The minimum Gasteiger partial charge on any atom is -0.503 e. The molecule has 6 heteroatoms. The lowest BCUT2D eigenvalue weighted by atomic mass is 10.2. The molecule has 0 bridgehead atoms. The molecule has 3 N–H and O–H groups in total. The van der Waals surface area contributed by atoms with Gasteiger partial charge in [-0.25, -0.2) is 8.78 Å². The van der Waals surface area contributed by atoms with Gasteiger partial charge in [0.1, 0.15) is 0 Å². The van der Waals surface area contributed by atoms with E-state index in [4.69, 9.17) is 5.11 Å². The molecule has 0 aliphatic heterocycles. The maximum Gasteiger partial charge on any atom is 0.221 e. The maximum atomic E-state index is 13.0. The number of carbonyl (C=O) groups excluding carboxylic acids is 1. The van der Waals surface area contributed by atoms with Crippen LogP contribution in [0.4, 0.5) is 8.78 Å². The molecule has 18 heavy (non-hydrogen) atoms. The van der Waals surface area contributed by atoms with Crippen LogP contribution in [0.1, 0.15) is 18.9 Å². The van der Waals surface area contributed by atoms with Crippen LogP contribution < -0.4 is 10.6 Å². The molecule has 1 amide bonds. The second kappa shape index (κ2) is 6.90. The summed E-state index contributed by atoms with van der Waals surface area (Å²) in [5.41, 5.74) is 0.374. The molecule has 0 spiro atoms. The van der Waals surface area contributed by atoms with Crippen LogP contribution >= 0.6 is 0 Å². The molecule has 0 saturated heterocycles. The SMILES string of the molecule is CCNC(=O)CCNCc1cc(F)c(O)c(F)c1. The Balaban J connectivity index is 2.38. The predicted octanol–water partition coefficient (Wildman–Crippen LogP) is 1.29. The van der Waals surface area contributed by atoms with Gasteiger partial charge in [-0.05, 0) is 24.6 Å². The summed E-state index contributed by atoms with van der Waals surface area (Å²) in [6.45, 7) is 3.05. The second-order valence-corrected chi connectivity index (χ2v) is 3.79. The van der Waals surface area contributed by atoms with E-state index in [9.17, 15) is 13.6 Å². The minimum atomic E-state index is -0.990. The van der Waals surface area contributed by atoms with E-state index in [1.54, 1.807) is 0 Å². The Morgan fingerprint density at radius 2 is 1.94 bits per heavy atom. The van der Waals surface area contributed by atoms with Crippen LogP contribution in [-0.4, -0.2) is 24.1 Å². The van der Waals surface area contributed by atoms with Crippen molar-refractivity contribution in [3.8, 4) is 5.75 Å². The highest BCUT2D eigenvalue weighted by Gasteiger charge is 2.09. The van der Waals surface area contributed by atoms with Gasteiger partial charge < -0.3 is 15.7 Å². The van der Waals surface area contributed by atoms with Gasteiger partial charge in [-0.2, -0.15) is 0 Å². The van der Waals surface area contributed by atoms with Crippen LogP contribution in [0.2, 0.25) is 0 Å². The molecule has 0 fully saturated rings. The van der Waals surface area contributed by atoms with Gasteiger partial charge in [0, 0.05) is 26.1 Å². The third-order valence-corrected chi connectivity index (χ3v) is 2.31. The van der Waals surface area contributed by atoms with Crippen LogP contribution in [0.3, 0.4) is 0 Å². The van der Waals surface area contributed by atoms with E-state index in [0.717, 1.165) is 12.1 Å². The van der Waals surface area contributed by atoms with E-state index in [0.29, 0.717) is 25.1 Å². The Kier molecular flexibility index (Phi) is 5.51. The largest absolute Gasteiger partial charge is 0.503 e. The standard InChI is InChI=1S/C12H16F2N2O2/c1-2-16-11(17)3-4-15-7-8-5-9(13)12(18)10(14)6-8/h5-6,15,18H,2-4,7H2,1H3,(H,16,17). The van der Waals surface area contributed by atoms with E-state index >= 15 is 0 Å². The Morgan fingerprint density at radius 3 is 2.50 bits per heavy atom. The Hall–Kier alpha value is -1.69.